The van der Waals surface area contributed by atoms with Crippen molar-refractivity contribution in [2.75, 3.05) is 39.3 Å². The third-order valence-electron chi connectivity index (χ3n) is 8.43. The number of halogens is 2. The van der Waals surface area contributed by atoms with Crippen molar-refractivity contribution in [3.8, 4) is 0 Å². The lowest BCUT2D eigenvalue weighted by atomic mass is 10.2. The van der Waals surface area contributed by atoms with Crippen LogP contribution in [-0.4, -0.2) is 79.1 Å². The molecule has 39 heavy (non-hydrogen) atoms. The molecule has 1 amide bonds. The van der Waals surface area contributed by atoms with Gasteiger partial charge >= 0.3 is 0 Å². The van der Waals surface area contributed by atoms with Crippen LogP contribution in [0.15, 0.2) is 45.3 Å². The Bertz CT molecular complexity index is 1240. The summed E-state index contributed by atoms with van der Waals surface area (Å²) in [4.78, 5) is 17.0. The van der Waals surface area contributed by atoms with Crippen LogP contribution in [0.1, 0.15) is 40.0 Å². The van der Waals surface area contributed by atoms with E-state index in [0.717, 1.165) is 65.6 Å². The van der Waals surface area contributed by atoms with Crippen molar-refractivity contribution in [3.05, 3.63) is 45.3 Å². The molecule has 1 aliphatic rings. The number of amides is 1. The highest BCUT2D eigenvalue weighted by Gasteiger charge is 2.36. The van der Waals surface area contributed by atoms with E-state index in [0.29, 0.717) is 19.5 Å². The van der Waals surface area contributed by atoms with Crippen LogP contribution in [0.5, 0.6) is 0 Å². The van der Waals surface area contributed by atoms with E-state index in [1.165, 1.54) is 10.8 Å². The second-order valence-electron chi connectivity index (χ2n) is 12.3. The van der Waals surface area contributed by atoms with Crippen LogP contribution < -0.4 is 0 Å². The molecule has 2 aromatic carbocycles. The van der Waals surface area contributed by atoms with E-state index >= 15 is 0 Å². The largest absolute Gasteiger partial charge is 0.417 e. The van der Waals surface area contributed by atoms with Crippen LogP contribution in [-0.2, 0) is 15.8 Å². The van der Waals surface area contributed by atoms with Crippen LogP contribution in [0.25, 0.3) is 21.8 Å². The summed E-state index contributed by atoms with van der Waals surface area (Å²) in [7, 11) is -1.72. The summed E-state index contributed by atoms with van der Waals surface area (Å²) in [5.74, 6) is 0.241. The number of nitrogens with zero attached hydrogens (tertiary/aromatic N) is 3. The zero-order chi connectivity index (χ0) is 28.4. The molecule has 1 saturated heterocycles. The summed E-state index contributed by atoms with van der Waals surface area (Å²) in [5.41, 5.74) is 2.24. The molecule has 9 heteroatoms. The summed E-state index contributed by atoms with van der Waals surface area (Å²) in [5, 5.41) is 13.6. The monoisotopic (exact) mass is 679 g/mol. The van der Waals surface area contributed by atoms with Crippen molar-refractivity contribution < 1.29 is 14.3 Å². The fraction of sp³-hybridized carbons (Fsp3) is 0.567. The Hall–Kier alpha value is -1.23. The van der Waals surface area contributed by atoms with Crippen molar-refractivity contribution >= 4 is 67.9 Å². The lowest BCUT2D eigenvalue weighted by Gasteiger charge is -2.36. The van der Waals surface area contributed by atoms with Crippen molar-refractivity contribution in [3.63, 3.8) is 0 Å². The number of β-amino-alcohol motifs (C(OH)–C–C–N with tert-alkyl or cyclic N) is 1. The highest BCUT2D eigenvalue weighted by molar-refractivity contribution is 9.10. The number of aliphatic hydroxyl groups excluding tert-OH is 1. The average Bonchev–Trinajstić information content (AvgIpc) is 3.15. The highest BCUT2D eigenvalue weighted by atomic mass is 79.9. The standard InChI is InChI=1S/C30H43Br2N3O3Si/c1-30(2,3)39(4,5)38-17-7-6-8-29(37)34-15-13-33(14-16-34)20-24(36)21-35-27-11-9-22(31)18-25(27)26-19-23(32)10-12-28(26)35/h9-12,18-19,24,36H,6-8,13-17,20-21H2,1-5H3. The molecule has 0 bridgehead atoms. The molecule has 0 aliphatic carbocycles. The minimum atomic E-state index is -1.72. The van der Waals surface area contributed by atoms with E-state index in [1.807, 2.05) is 4.90 Å². The van der Waals surface area contributed by atoms with E-state index in [2.05, 4.69) is 112 Å². The molecule has 1 aliphatic heterocycles. The molecule has 0 spiro atoms. The van der Waals surface area contributed by atoms with Gasteiger partial charge < -0.3 is 19.0 Å². The molecule has 3 aromatic rings. The van der Waals surface area contributed by atoms with Gasteiger partial charge in [-0.05, 0) is 67.4 Å². The maximum atomic E-state index is 12.8. The van der Waals surface area contributed by atoms with Gasteiger partial charge in [0.1, 0.15) is 0 Å². The number of hydrogen-bond donors (Lipinski definition) is 1. The highest BCUT2D eigenvalue weighted by Crippen LogP contribution is 2.36. The Balaban J connectivity index is 1.24. The molecule has 2 heterocycles. The molecule has 0 saturated carbocycles. The first kappa shape index (κ1) is 30.7. The van der Waals surface area contributed by atoms with Gasteiger partial charge in [-0.3, -0.25) is 9.69 Å². The molecule has 1 fully saturated rings. The van der Waals surface area contributed by atoms with Crippen LogP contribution in [0.3, 0.4) is 0 Å². The second kappa shape index (κ2) is 12.7. The van der Waals surface area contributed by atoms with Crippen LogP contribution in [0, 0.1) is 0 Å². The number of unbranched alkanes of at least 4 members (excludes halogenated alkanes) is 1. The quantitative estimate of drug-likeness (QED) is 0.185. The van der Waals surface area contributed by atoms with E-state index in [9.17, 15) is 9.90 Å². The van der Waals surface area contributed by atoms with Gasteiger partial charge in [-0.15, -0.1) is 0 Å². The zero-order valence-electron chi connectivity index (χ0n) is 24.0. The van der Waals surface area contributed by atoms with E-state index < -0.39 is 14.4 Å². The number of piperazine rings is 1. The van der Waals surface area contributed by atoms with Crippen LogP contribution in [0.2, 0.25) is 18.1 Å². The van der Waals surface area contributed by atoms with Gasteiger partial charge in [-0.2, -0.15) is 0 Å². The number of benzene rings is 2. The van der Waals surface area contributed by atoms with Gasteiger partial charge in [0.2, 0.25) is 5.91 Å². The number of carbonyl (C=O) groups excluding carboxylic acids is 1. The third-order valence-corrected chi connectivity index (χ3v) is 14.0. The minimum Gasteiger partial charge on any atom is -0.417 e. The number of hydrogen-bond acceptors (Lipinski definition) is 4. The van der Waals surface area contributed by atoms with Gasteiger partial charge in [-0.25, -0.2) is 0 Å². The third kappa shape index (κ3) is 7.54. The predicted molar refractivity (Wildman–Crippen MR) is 171 cm³/mol. The molecule has 1 atom stereocenters. The molecular weight excluding hydrogens is 638 g/mol. The maximum Gasteiger partial charge on any atom is 0.222 e. The Morgan fingerprint density at radius 2 is 1.51 bits per heavy atom. The molecule has 1 unspecified atom stereocenters. The second-order valence-corrected chi connectivity index (χ2v) is 19.0. The molecule has 6 nitrogen and oxygen atoms in total. The fourth-order valence-electron chi connectivity index (χ4n) is 5.07. The summed E-state index contributed by atoms with van der Waals surface area (Å²) < 4.78 is 10.6. The fourth-order valence-corrected chi connectivity index (χ4v) is 6.88. The first-order chi connectivity index (χ1) is 18.4. The summed E-state index contributed by atoms with van der Waals surface area (Å²) in [6.07, 6.45) is 1.89. The molecule has 0 radical (unpaired) electrons. The van der Waals surface area contributed by atoms with Gasteiger partial charge in [-0.1, -0.05) is 52.6 Å². The first-order valence-corrected chi connectivity index (χ1v) is 18.5. The van der Waals surface area contributed by atoms with Crippen molar-refractivity contribution in [2.24, 2.45) is 0 Å². The minimum absolute atomic E-state index is 0.217. The van der Waals surface area contributed by atoms with Crippen molar-refractivity contribution in [2.45, 2.75) is 70.8 Å². The normalized spacial score (nSPS) is 16.4. The van der Waals surface area contributed by atoms with E-state index in [1.54, 1.807) is 0 Å². The zero-order valence-corrected chi connectivity index (χ0v) is 28.1. The van der Waals surface area contributed by atoms with Crippen molar-refractivity contribution in [1.29, 1.82) is 0 Å². The van der Waals surface area contributed by atoms with Gasteiger partial charge in [0.25, 0.3) is 0 Å². The maximum absolute atomic E-state index is 12.8. The number of carbonyl (C=O) groups is 1. The Kier molecular flexibility index (Phi) is 10.0. The Morgan fingerprint density at radius 1 is 0.949 bits per heavy atom. The topological polar surface area (TPSA) is 57.9 Å². The Morgan fingerprint density at radius 3 is 2.05 bits per heavy atom. The molecule has 214 valence electrons. The van der Waals surface area contributed by atoms with Crippen molar-refractivity contribution in [1.82, 2.24) is 14.4 Å². The Labute approximate surface area is 251 Å². The van der Waals surface area contributed by atoms with Crippen LogP contribution in [0.4, 0.5) is 0 Å². The molecule has 1 N–H and O–H groups in total. The van der Waals surface area contributed by atoms with Gasteiger partial charge in [0.15, 0.2) is 8.32 Å². The lowest BCUT2D eigenvalue weighted by molar-refractivity contribution is -0.133. The van der Waals surface area contributed by atoms with E-state index in [4.69, 9.17) is 4.43 Å². The first-order valence-electron chi connectivity index (χ1n) is 14.0. The van der Waals surface area contributed by atoms with Gasteiger partial charge in [0, 0.05) is 76.5 Å². The number of rotatable bonds is 10. The molecule has 4 rings (SSSR count). The summed E-state index contributed by atoms with van der Waals surface area (Å²) in [6, 6.07) is 12.6. The number of aliphatic hydroxyl groups is 1. The number of aromatic nitrogens is 1. The van der Waals surface area contributed by atoms with Crippen LogP contribution >= 0.6 is 31.9 Å². The average molecular weight is 682 g/mol. The summed E-state index contributed by atoms with van der Waals surface area (Å²) in [6.45, 7) is 16.2. The molecular formula is C30H43Br2N3O3Si. The molecule has 1 aromatic heterocycles. The lowest BCUT2D eigenvalue weighted by Crippen LogP contribution is -2.50. The van der Waals surface area contributed by atoms with E-state index in [-0.39, 0.29) is 10.9 Å². The predicted octanol–water partition coefficient (Wildman–Crippen LogP) is 7.02. The number of fused-ring (bicyclic) bond motifs is 3. The SMILES string of the molecule is CC(C)(C)[Si](C)(C)OCCCCC(=O)N1CCN(CC(O)Cn2c3ccc(Br)cc3c3cc(Br)ccc32)CC1. The smallest absolute Gasteiger partial charge is 0.222 e. The van der Waals surface area contributed by atoms with Gasteiger partial charge in [0.05, 0.1) is 12.6 Å². The summed E-state index contributed by atoms with van der Waals surface area (Å²) >= 11 is 7.20.